The normalized spacial score (nSPS) is 11.6. The van der Waals surface area contributed by atoms with Gasteiger partial charge in [-0.15, -0.1) is 0 Å². The fourth-order valence-corrected chi connectivity index (χ4v) is 4.46. The molecular formula is C30H25F3N4O5. The van der Waals surface area contributed by atoms with Crippen LogP contribution < -0.4 is 15.4 Å². The Hall–Kier alpha value is -5.13. The molecule has 3 aromatic carbocycles. The molecule has 0 aliphatic carbocycles. The first-order chi connectivity index (χ1) is 20.1. The predicted octanol–water partition coefficient (Wildman–Crippen LogP) is 5.96. The zero-order valence-corrected chi connectivity index (χ0v) is 22.7. The smallest absolute Gasteiger partial charge is 0.272 e. The van der Waals surface area contributed by atoms with Gasteiger partial charge in [0.15, 0.2) is 5.82 Å². The molecule has 5 aromatic rings. The van der Waals surface area contributed by atoms with Crippen LogP contribution in [0.2, 0.25) is 0 Å². The Kier molecular flexibility index (Phi) is 7.70. The van der Waals surface area contributed by atoms with E-state index in [9.17, 15) is 22.8 Å². The molecule has 0 spiro atoms. The van der Waals surface area contributed by atoms with Crippen molar-refractivity contribution in [3.8, 4) is 28.2 Å². The minimum Gasteiger partial charge on any atom is -0.487 e. The minimum atomic E-state index is -2.76. The highest BCUT2D eigenvalue weighted by Crippen LogP contribution is 2.41. The summed E-state index contributed by atoms with van der Waals surface area (Å²) < 4.78 is 56.2. The van der Waals surface area contributed by atoms with Crippen molar-refractivity contribution in [1.82, 2.24) is 20.8 Å². The van der Waals surface area contributed by atoms with Gasteiger partial charge in [-0.25, -0.2) is 13.2 Å². The number of aromatic nitrogens is 2. The average molecular weight is 579 g/mol. The molecule has 0 atom stereocenters. The van der Waals surface area contributed by atoms with Crippen LogP contribution >= 0.6 is 0 Å². The van der Waals surface area contributed by atoms with E-state index in [4.69, 9.17) is 13.7 Å². The fraction of sp³-hybridized carbons (Fsp3) is 0.200. The number of alkyl halides is 2. The number of amides is 2. The summed E-state index contributed by atoms with van der Waals surface area (Å²) >= 11 is 0. The number of benzene rings is 3. The molecule has 0 saturated carbocycles. The second-order valence-electron chi connectivity index (χ2n) is 9.85. The largest absolute Gasteiger partial charge is 0.487 e. The van der Waals surface area contributed by atoms with Crippen molar-refractivity contribution in [3.63, 3.8) is 0 Å². The lowest BCUT2D eigenvalue weighted by Crippen LogP contribution is -2.41. The summed E-state index contributed by atoms with van der Waals surface area (Å²) in [6.07, 6.45) is -1.60. The molecule has 5 rings (SSSR count). The molecule has 0 saturated heterocycles. The first-order valence-corrected chi connectivity index (χ1v) is 12.8. The monoisotopic (exact) mass is 578 g/mol. The lowest BCUT2D eigenvalue weighted by atomic mass is 9.97. The first kappa shape index (κ1) is 28.4. The van der Waals surface area contributed by atoms with Crippen LogP contribution in [0.3, 0.4) is 0 Å². The molecule has 0 aliphatic rings. The van der Waals surface area contributed by atoms with Crippen LogP contribution in [0.5, 0.6) is 5.75 Å². The second-order valence-corrected chi connectivity index (χ2v) is 9.85. The number of nitrogens with zero attached hydrogens (tertiary/aromatic N) is 2. The summed E-state index contributed by atoms with van der Waals surface area (Å²) in [5.41, 5.74) is 0.888. The van der Waals surface area contributed by atoms with E-state index in [-0.39, 0.29) is 34.0 Å². The van der Waals surface area contributed by atoms with Crippen molar-refractivity contribution >= 4 is 22.8 Å². The van der Waals surface area contributed by atoms with Gasteiger partial charge in [-0.3, -0.25) is 9.59 Å². The zero-order valence-electron chi connectivity index (χ0n) is 22.7. The summed E-state index contributed by atoms with van der Waals surface area (Å²) in [5.74, 6) is -0.897. The Labute approximate surface area is 237 Å². The Morgan fingerprint density at radius 3 is 2.45 bits per heavy atom. The molecule has 0 bridgehead atoms. The van der Waals surface area contributed by atoms with Gasteiger partial charge in [0.2, 0.25) is 6.39 Å². The maximum atomic E-state index is 13.6. The molecule has 216 valence electrons. The lowest BCUT2D eigenvalue weighted by molar-refractivity contribution is 0.0822. The number of fused-ring (bicyclic) bond motifs is 1. The van der Waals surface area contributed by atoms with Gasteiger partial charge in [-0.1, -0.05) is 17.3 Å². The molecule has 0 fully saturated rings. The van der Waals surface area contributed by atoms with E-state index in [1.807, 2.05) is 0 Å². The van der Waals surface area contributed by atoms with E-state index >= 15 is 0 Å². The molecule has 2 N–H and O–H groups in total. The van der Waals surface area contributed by atoms with E-state index < -0.39 is 36.2 Å². The van der Waals surface area contributed by atoms with Crippen LogP contribution in [-0.2, 0) is 5.54 Å². The maximum Gasteiger partial charge on any atom is 0.272 e. The third-order valence-electron chi connectivity index (χ3n) is 6.50. The molecule has 2 amide bonds. The van der Waals surface area contributed by atoms with Crippen LogP contribution in [-0.4, -0.2) is 42.0 Å². The molecule has 12 heteroatoms. The molecule has 0 aliphatic heterocycles. The topological polar surface area (TPSA) is 119 Å². The van der Waals surface area contributed by atoms with Gasteiger partial charge in [0.05, 0.1) is 11.1 Å². The lowest BCUT2D eigenvalue weighted by Gasteiger charge is -2.22. The van der Waals surface area contributed by atoms with Gasteiger partial charge in [0.25, 0.3) is 18.2 Å². The number of halogens is 3. The number of rotatable bonds is 9. The third kappa shape index (κ3) is 5.69. The number of hydrogen-bond donors (Lipinski definition) is 2. The molecule has 0 radical (unpaired) electrons. The van der Waals surface area contributed by atoms with Gasteiger partial charge in [0.1, 0.15) is 29.5 Å². The minimum absolute atomic E-state index is 0.0512. The van der Waals surface area contributed by atoms with Crippen molar-refractivity contribution in [2.24, 2.45) is 0 Å². The fourth-order valence-electron chi connectivity index (χ4n) is 4.46. The van der Waals surface area contributed by atoms with Crippen LogP contribution in [0.15, 0.2) is 76.0 Å². The quantitative estimate of drug-likeness (QED) is 0.222. The summed E-state index contributed by atoms with van der Waals surface area (Å²) in [6.45, 7) is 2.52. The Bertz CT molecular complexity index is 1750. The van der Waals surface area contributed by atoms with E-state index in [1.165, 1.54) is 37.4 Å². The highest BCUT2D eigenvalue weighted by molar-refractivity contribution is 6.12. The van der Waals surface area contributed by atoms with Crippen molar-refractivity contribution in [1.29, 1.82) is 0 Å². The maximum absolute atomic E-state index is 13.6. The molecule has 9 nitrogen and oxygen atoms in total. The zero-order chi connectivity index (χ0) is 30.0. The Morgan fingerprint density at radius 1 is 1.02 bits per heavy atom. The number of ether oxygens (including phenoxy) is 1. The third-order valence-corrected chi connectivity index (χ3v) is 6.50. The summed E-state index contributed by atoms with van der Waals surface area (Å²) in [4.78, 5) is 30.2. The van der Waals surface area contributed by atoms with Crippen molar-refractivity contribution in [3.05, 3.63) is 89.8 Å². The Balaban J connectivity index is 1.63. The van der Waals surface area contributed by atoms with Gasteiger partial charge >= 0.3 is 0 Å². The molecule has 2 heterocycles. The molecular weight excluding hydrogens is 553 g/mol. The van der Waals surface area contributed by atoms with E-state index in [0.29, 0.717) is 22.1 Å². The van der Waals surface area contributed by atoms with Crippen molar-refractivity contribution in [2.45, 2.75) is 25.8 Å². The van der Waals surface area contributed by atoms with Gasteiger partial charge < -0.3 is 24.3 Å². The van der Waals surface area contributed by atoms with Gasteiger partial charge in [-0.2, -0.15) is 4.98 Å². The van der Waals surface area contributed by atoms with E-state index in [2.05, 4.69) is 20.8 Å². The van der Waals surface area contributed by atoms with Crippen molar-refractivity contribution in [2.75, 3.05) is 13.7 Å². The number of nitrogens with one attached hydrogen (secondary N) is 2. The van der Waals surface area contributed by atoms with Crippen LogP contribution in [0.25, 0.3) is 33.4 Å². The Morgan fingerprint density at radius 2 is 1.79 bits per heavy atom. The summed E-state index contributed by atoms with van der Waals surface area (Å²) in [7, 11) is 1.45. The SMILES string of the molecule is CNC(=O)c1c(-c2ccc(F)cc2)oc2cc(OCC(F)F)c(-c3cccc(C(=O)NC(C)(C)c4ncon4)c3)cc12. The second kappa shape index (κ2) is 11.4. The summed E-state index contributed by atoms with van der Waals surface area (Å²) in [6, 6.07) is 14.9. The van der Waals surface area contributed by atoms with Crippen molar-refractivity contribution < 1.29 is 36.4 Å². The number of furan rings is 1. The van der Waals surface area contributed by atoms with E-state index in [1.54, 1.807) is 44.2 Å². The highest BCUT2D eigenvalue weighted by Gasteiger charge is 2.28. The first-order valence-electron chi connectivity index (χ1n) is 12.8. The van der Waals surface area contributed by atoms with Crippen LogP contribution in [0.1, 0.15) is 40.4 Å². The molecule has 0 unspecified atom stereocenters. The summed E-state index contributed by atoms with van der Waals surface area (Å²) in [5, 5.41) is 9.58. The average Bonchev–Trinajstić information content (AvgIpc) is 3.64. The van der Waals surface area contributed by atoms with Crippen LogP contribution in [0.4, 0.5) is 13.2 Å². The number of hydrogen-bond acceptors (Lipinski definition) is 7. The number of carbonyl (C=O) groups is 2. The van der Waals surface area contributed by atoms with Gasteiger partial charge in [0, 0.05) is 35.2 Å². The van der Waals surface area contributed by atoms with Gasteiger partial charge in [-0.05, 0) is 61.9 Å². The molecule has 2 aromatic heterocycles. The molecule has 42 heavy (non-hydrogen) atoms. The standard InChI is InChI=1S/C30H25F3N4O5/c1-30(2,29-35-15-41-37-29)36-27(38)18-6-4-5-17(11-18)20-12-21-23(13-22(20)40-14-24(32)33)42-26(25(21)28(39)34-3)16-7-9-19(31)10-8-16/h4-13,15,24H,14H2,1-3H3,(H,34,39)(H,36,38). The predicted molar refractivity (Wildman–Crippen MR) is 147 cm³/mol. The number of carbonyl (C=O) groups excluding carboxylic acids is 2. The highest BCUT2D eigenvalue weighted by atomic mass is 19.3. The van der Waals surface area contributed by atoms with Crippen LogP contribution in [0, 0.1) is 5.82 Å². The van der Waals surface area contributed by atoms with E-state index in [0.717, 1.165) is 6.39 Å².